The molecule has 2 aromatic rings. The second-order valence-electron chi connectivity index (χ2n) is 4.61. The van der Waals surface area contributed by atoms with Crippen LogP contribution in [0.3, 0.4) is 0 Å². The summed E-state index contributed by atoms with van der Waals surface area (Å²) in [7, 11) is -2.21. The number of halogens is 1. The first-order chi connectivity index (χ1) is 9.92. The highest BCUT2D eigenvalue weighted by atomic mass is 35.5. The van der Waals surface area contributed by atoms with Crippen molar-refractivity contribution in [3.05, 3.63) is 58.6 Å². The molecule has 0 aromatic heterocycles. The first-order valence-electron chi connectivity index (χ1n) is 6.31. The van der Waals surface area contributed by atoms with Gasteiger partial charge in [-0.25, -0.2) is 13.1 Å². The van der Waals surface area contributed by atoms with Gasteiger partial charge in [0.1, 0.15) is 10.6 Å². The van der Waals surface area contributed by atoms with Gasteiger partial charge < -0.3 is 4.74 Å². The Morgan fingerprint density at radius 1 is 1.19 bits per heavy atom. The predicted octanol–water partition coefficient (Wildman–Crippen LogP) is 3.14. The summed E-state index contributed by atoms with van der Waals surface area (Å²) in [6, 6.07) is 12.1. The van der Waals surface area contributed by atoms with E-state index in [-0.39, 0.29) is 11.4 Å². The summed E-state index contributed by atoms with van der Waals surface area (Å²) in [5.41, 5.74) is 1.64. The minimum absolute atomic E-state index is 0.132. The Bertz CT molecular complexity index is 744. The van der Waals surface area contributed by atoms with Crippen LogP contribution in [0.15, 0.2) is 47.4 Å². The molecule has 21 heavy (non-hydrogen) atoms. The molecule has 0 radical (unpaired) electrons. The molecule has 112 valence electrons. The van der Waals surface area contributed by atoms with Gasteiger partial charge in [0, 0.05) is 11.6 Å². The first-order valence-corrected chi connectivity index (χ1v) is 8.17. The summed E-state index contributed by atoms with van der Waals surface area (Å²) in [6.45, 7) is 2.00. The van der Waals surface area contributed by atoms with Crippen LogP contribution in [0.2, 0.25) is 5.02 Å². The topological polar surface area (TPSA) is 55.4 Å². The molecule has 4 nitrogen and oxygen atoms in total. The van der Waals surface area contributed by atoms with Gasteiger partial charge in [0.2, 0.25) is 10.0 Å². The van der Waals surface area contributed by atoms with Crippen molar-refractivity contribution in [1.82, 2.24) is 4.72 Å². The molecule has 0 fully saturated rings. The Morgan fingerprint density at radius 3 is 2.62 bits per heavy atom. The number of aryl methyl sites for hydroxylation is 1. The molecular weight excluding hydrogens is 310 g/mol. The fourth-order valence-electron chi connectivity index (χ4n) is 1.90. The molecule has 1 N–H and O–H groups in total. The van der Waals surface area contributed by atoms with Crippen molar-refractivity contribution in [2.24, 2.45) is 0 Å². The Kier molecular flexibility index (Phi) is 4.88. The molecule has 0 bridgehead atoms. The number of methoxy groups -OCH3 is 1. The van der Waals surface area contributed by atoms with Crippen LogP contribution in [0.5, 0.6) is 5.75 Å². The van der Waals surface area contributed by atoms with Crippen molar-refractivity contribution >= 4 is 21.6 Å². The van der Waals surface area contributed by atoms with Gasteiger partial charge in [-0.2, -0.15) is 0 Å². The van der Waals surface area contributed by atoms with Crippen LogP contribution in [-0.4, -0.2) is 15.5 Å². The van der Waals surface area contributed by atoms with Gasteiger partial charge >= 0.3 is 0 Å². The van der Waals surface area contributed by atoms with Gasteiger partial charge in [-0.1, -0.05) is 29.8 Å². The van der Waals surface area contributed by atoms with E-state index in [1.165, 1.54) is 7.11 Å². The normalized spacial score (nSPS) is 11.4. The van der Waals surface area contributed by atoms with E-state index in [0.717, 1.165) is 11.1 Å². The van der Waals surface area contributed by atoms with Gasteiger partial charge in [0.05, 0.1) is 7.11 Å². The summed E-state index contributed by atoms with van der Waals surface area (Å²) >= 11 is 5.88. The number of ether oxygens (including phenoxy) is 1. The number of hydrogen-bond acceptors (Lipinski definition) is 3. The van der Waals surface area contributed by atoms with Crippen molar-refractivity contribution in [2.75, 3.05) is 7.11 Å². The maximum Gasteiger partial charge on any atom is 0.244 e. The maximum absolute atomic E-state index is 12.4. The quantitative estimate of drug-likeness (QED) is 0.918. The van der Waals surface area contributed by atoms with Gasteiger partial charge in [-0.3, -0.25) is 0 Å². The molecule has 0 amide bonds. The zero-order chi connectivity index (χ0) is 15.5. The molecule has 0 aliphatic heterocycles. The number of nitrogens with one attached hydrogen (secondary N) is 1. The van der Waals surface area contributed by atoms with E-state index in [4.69, 9.17) is 16.3 Å². The minimum Gasteiger partial charge on any atom is -0.495 e. The molecule has 0 aliphatic rings. The molecule has 0 saturated heterocycles. The third kappa shape index (κ3) is 3.97. The van der Waals surface area contributed by atoms with E-state index in [2.05, 4.69) is 4.72 Å². The maximum atomic E-state index is 12.4. The SMILES string of the molecule is COc1ccc(C)cc1S(=O)(=O)NCc1cccc(Cl)c1. The molecular formula is C15H16ClNO3S. The lowest BCUT2D eigenvalue weighted by Gasteiger charge is -2.11. The van der Waals surface area contributed by atoms with Crippen molar-refractivity contribution in [2.45, 2.75) is 18.4 Å². The molecule has 6 heteroatoms. The Morgan fingerprint density at radius 2 is 1.95 bits per heavy atom. The molecule has 0 atom stereocenters. The summed E-state index contributed by atoms with van der Waals surface area (Å²) in [5.74, 6) is 0.319. The van der Waals surface area contributed by atoms with Crippen molar-refractivity contribution in [3.63, 3.8) is 0 Å². The van der Waals surface area contributed by atoms with Gasteiger partial charge in [-0.05, 0) is 42.3 Å². The van der Waals surface area contributed by atoms with Crippen molar-refractivity contribution in [3.8, 4) is 5.75 Å². The first kappa shape index (κ1) is 15.8. The van der Waals surface area contributed by atoms with Gasteiger partial charge in [0.15, 0.2) is 0 Å². The number of sulfonamides is 1. The monoisotopic (exact) mass is 325 g/mol. The Labute approximate surface area is 129 Å². The summed E-state index contributed by atoms with van der Waals surface area (Å²) < 4.78 is 32.5. The van der Waals surface area contributed by atoms with E-state index in [0.29, 0.717) is 10.8 Å². The molecule has 2 aromatic carbocycles. The molecule has 0 unspecified atom stereocenters. The zero-order valence-electron chi connectivity index (χ0n) is 11.8. The van der Waals surface area contributed by atoms with Crippen LogP contribution in [-0.2, 0) is 16.6 Å². The van der Waals surface area contributed by atoms with Crippen LogP contribution >= 0.6 is 11.6 Å². The second kappa shape index (κ2) is 6.47. The third-order valence-electron chi connectivity index (χ3n) is 2.96. The van der Waals surface area contributed by atoms with Crippen LogP contribution in [0, 0.1) is 6.92 Å². The minimum atomic E-state index is -3.65. The lowest BCUT2D eigenvalue weighted by molar-refractivity contribution is 0.402. The second-order valence-corrected chi connectivity index (χ2v) is 6.78. The molecule has 0 aliphatic carbocycles. The largest absolute Gasteiger partial charge is 0.495 e. The van der Waals surface area contributed by atoms with Crippen LogP contribution < -0.4 is 9.46 Å². The standard InChI is InChI=1S/C15H16ClNO3S/c1-11-6-7-14(20-2)15(8-11)21(18,19)17-10-12-4-3-5-13(16)9-12/h3-9,17H,10H2,1-2H3. The highest BCUT2D eigenvalue weighted by molar-refractivity contribution is 7.89. The van der Waals surface area contributed by atoms with E-state index in [1.54, 1.807) is 36.4 Å². The number of rotatable bonds is 5. The third-order valence-corrected chi connectivity index (χ3v) is 4.62. The fraction of sp³-hybridized carbons (Fsp3) is 0.200. The van der Waals surface area contributed by atoms with E-state index < -0.39 is 10.0 Å². The molecule has 0 heterocycles. The van der Waals surface area contributed by atoms with Gasteiger partial charge in [-0.15, -0.1) is 0 Å². The predicted molar refractivity (Wildman–Crippen MR) is 83.2 cm³/mol. The smallest absolute Gasteiger partial charge is 0.244 e. The molecule has 0 spiro atoms. The van der Waals surface area contributed by atoms with Crippen LogP contribution in [0.1, 0.15) is 11.1 Å². The number of benzene rings is 2. The van der Waals surface area contributed by atoms with Crippen molar-refractivity contribution < 1.29 is 13.2 Å². The van der Waals surface area contributed by atoms with E-state index in [1.807, 2.05) is 13.0 Å². The van der Waals surface area contributed by atoms with E-state index in [9.17, 15) is 8.42 Å². The average Bonchev–Trinajstić information content (AvgIpc) is 2.45. The zero-order valence-corrected chi connectivity index (χ0v) is 13.3. The number of hydrogen-bond donors (Lipinski definition) is 1. The molecule has 2 rings (SSSR count). The fourth-order valence-corrected chi connectivity index (χ4v) is 3.38. The van der Waals surface area contributed by atoms with E-state index >= 15 is 0 Å². The highest BCUT2D eigenvalue weighted by Gasteiger charge is 2.19. The Hall–Kier alpha value is -1.56. The van der Waals surface area contributed by atoms with Crippen LogP contribution in [0.4, 0.5) is 0 Å². The lowest BCUT2D eigenvalue weighted by Crippen LogP contribution is -2.23. The summed E-state index contributed by atoms with van der Waals surface area (Å²) in [6.07, 6.45) is 0. The average molecular weight is 326 g/mol. The summed E-state index contributed by atoms with van der Waals surface area (Å²) in [4.78, 5) is 0.132. The van der Waals surface area contributed by atoms with Crippen LogP contribution in [0.25, 0.3) is 0 Å². The Balaban J connectivity index is 2.24. The lowest BCUT2D eigenvalue weighted by atomic mass is 10.2. The van der Waals surface area contributed by atoms with Gasteiger partial charge in [0.25, 0.3) is 0 Å². The summed E-state index contributed by atoms with van der Waals surface area (Å²) in [5, 5.41) is 0.569. The van der Waals surface area contributed by atoms with Crippen molar-refractivity contribution in [1.29, 1.82) is 0 Å². The highest BCUT2D eigenvalue weighted by Crippen LogP contribution is 2.24. The molecule has 0 saturated carbocycles.